The molecular weight excluding hydrogens is 266 g/mol. The summed E-state index contributed by atoms with van der Waals surface area (Å²) in [6, 6.07) is 12.8. The molecule has 0 aliphatic carbocycles. The summed E-state index contributed by atoms with van der Waals surface area (Å²) in [7, 11) is 0. The largest absolute Gasteiger partial charge is 0.441 e. The van der Waals surface area contributed by atoms with E-state index in [-0.39, 0.29) is 6.10 Å². The molecular formula is C16H15N3O2. The second-order valence-corrected chi connectivity index (χ2v) is 4.49. The Kier molecular flexibility index (Phi) is 4.89. The fraction of sp³-hybridized carbons (Fsp3) is 0.188. The normalized spacial score (nSPS) is 11.2. The highest BCUT2D eigenvalue weighted by Gasteiger charge is 2.11. The Labute approximate surface area is 123 Å². The highest BCUT2D eigenvalue weighted by atomic mass is 16.6. The van der Waals surface area contributed by atoms with Crippen LogP contribution in [0.2, 0.25) is 0 Å². The summed E-state index contributed by atoms with van der Waals surface area (Å²) < 4.78 is 5.28. The highest BCUT2D eigenvalue weighted by molar-refractivity contribution is 5.84. The lowest BCUT2D eigenvalue weighted by molar-refractivity contribution is 0.121. The molecule has 0 fully saturated rings. The molecule has 106 valence electrons. The fourth-order valence-corrected chi connectivity index (χ4v) is 1.79. The van der Waals surface area contributed by atoms with Gasteiger partial charge in [0.15, 0.2) is 0 Å². The van der Waals surface area contributed by atoms with Crippen molar-refractivity contribution in [3.8, 4) is 6.07 Å². The molecule has 2 rings (SSSR count). The van der Waals surface area contributed by atoms with Gasteiger partial charge in [-0.3, -0.25) is 10.3 Å². The first-order valence-corrected chi connectivity index (χ1v) is 6.52. The minimum Gasteiger partial charge on any atom is -0.441 e. The number of carbonyl (C=O) groups excluding carboxylic acids is 1. The third-order valence-corrected chi connectivity index (χ3v) is 2.92. The molecule has 1 heterocycles. The zero-order chi connectivity index (χ0) is 15.1. The maximum absolute atomic E-state index is 11.8. The Balaban J connectivity index is 1.91. The summed E-state index contributed by atoms with van der Waals surface area (Å²) in [5, 5.41) is 11.2. The number of amides is 1. The predicted molar refractivity (Wildman–Crippen MR) is 78.5 cm³/mol. The van der Waals surface area contributed by atoms with Gasteiger partial charge in [-0.05, 0) is 30.7 Å². The van der Waals surface area contributed by atoms with Crippen LogP contribution in [-0.2, 0) is 11.2 Å². The SMILES string of the molecule is CC(OC(=O)Nc1ccc(CC#N)cc1)c1cccnc1. The van der Waals surface area contributed by atoms with E-state index >= 15 is 0 Å². The van der Waals surface area contributed by atoms with E-state index in [4.69, 9.17) is 10.00 Å². The molecule has 5 nitrogen and oxygen atoms in total. The van der Waals surface area contributed by atoms with Crippen molar-refractivity contribution in [3.05, 3.63) is 59.9 Å². The fourth-order valence-electron chi connectivity index (χ4n) is 1.79. The number of aromatic nitrogens is 1. The first-order valence-electron chi connectivity index (χ1n) is 6.52. The first kappa shape index (κ1) is 14.5. The van der Waals surface area contributed by atoms with Gasteiger partial charge in [0.2, 0.25) is 0 Å². The van der Waals surface area contributed by atoms with Crippen molar-refractivity contribution < 1.29 is 9.53 Å². The first-order chi connectivity index (χ1) is 10.2. The highest BCUT2D eigenvalue weighted by Crippen LogP contribution is 2.17. The van der Waals surface area contributed by atoms with Crippen molar-refractivity contribution in [3.63, 3.8) is 0 Å². The van der Waals surface area contributed by atoms with Crippen molar-refractivity contribution in [1.82, 2.24) is 4.98 Å². The average molecular weight is 281 g/mol. The Hall–Kier alpha value is -2.87. The van der Waals surface area contributed by atoms with E-state index in [9.17, 15) is 4.79 Å². The van der Waals surface area contributed by atoms with Gasteiger partial charge in [0.05, 0.1) is 12.5 Å². The van der Waals surface area contributed by atoms with Gasteiger partial charge in [0, 0.05) is 23.6 Å². The van der Waals surface area contributed by atoms with Gasteiger partial charge in [0.1, 0.15) is 6.10 Å². The average Bonchev–Trinajstić information content (AvgIpc) is 2.50. The molecule has 1 amide bonds. The third kappa shape index (κ3) is 4.32. The summed E-state index contributed by atoms with van der Waals surface area (Å²) >= 11 is 0. The van der Waals surface area contributed by atoms with Gasteiger partial charge in [-0.1, -0.05) is 18.2 Å². The van der Waals surface area contributed by atoms with Crippen LogP contribution < -0.4 is 5.32 Å². The molecule has 2 aromatic rings. The number of hydrogen-bond acceptors (Lipinski definition) is 4. The number of rotatable bonds is 4. The third-order valence-electron chi connectivity index (χ3n) is 2.92. The zero-order valence-electron chi connectivity index (χ0n) is 11.6. The molecule has 1 atom stereocenters. The van der Waals surface area contributed by atoms with Crippen LogP contribution in [0.4, 0.5) is 10.5 Å². The number of carbonyl (C=O) groups is 1. The molecule has 0 aliphatic heterocycles. The van der Waals surface area contributed by atoms with E-state index in [0.717, 1.165) is 11.1 Å². The van der Waals surface area contributed by atoms with Crippen LogP contribution in [0.1, 0.15) is 24.2 Å². The summed E-state index contributed by atoms with van der Waals surface area (Å²) in [4.78, 5) is 15.8. The second-order valence-electron chi connectivity index (χ2n) is 4.49. The molecule has 1 aromatic heterocycles. The Morgan fingerprint density at radius 3 is 2.76 bits per heavy atom. The summed E-state index contributed by atoms with van der Waals surface area (Å²) in [6.07, 6.45) is 2.77. The number of hydrogen-bond donors (Lipinski definition) is 1. The molecule has 5 heteroatoms. The lowest BCUT2D eigenvalue weighted by Crippen LogP contribution is -2.16. The van der Waals surface area contributed by atoms with Crippen LogP contribution in [0.3, 0.4) is 0 Å². The second kappa shape index (κ2) is 7.06. The zero-order valence-corrected chi connectivity index (χ0v) is 11.6. The van der Waals surface area contributed by atoms with Crippen molar-refractivity contribution in [1.29, 1.82) is 5.26 Å². The van der Waals surface area contributed by atoms with E-state index in [2.05, 4.69) is 16.4 Å². The van der Waals surface area contributed by atoms with E-state index < -0.39 is 6.09 Å². The van der Waals surface area contributed by atoms with Crippen LogP contribution >= 0.6 is 0 Å². The van der Waals surface area contributed by atoms with Gasteiger partial charge in [-0.25, -0.2) is 4.79 Å². The molecule has 1 N–H and O–H groups in total. The standard InChI is InChI=1S/C16H15N3O2/c1-12(14-3-2-10-18-11-14)21-16(20)19-15-6-4-13(5-7-15)8-9-17/h2-7,10-12H,8H2,1H3,(H,19,20). The number of nitrogens with zero attached hydrogens (tertiary/aromatic N) is 2. The Morgan fingerprint density at radius 2 is 2.14 bits per heavy atom. The molecule has 0 radical (unpaired) electrons. The molecule has 1 unspecified atom stereocenters. The van der Waals surface area contributed by atoms with E-state index in [0.29, 0.717) is 12.1 Å². The summed E-state index contributed by atoms with van der Waals surface area (Å²) in [5.74, 6) is 0. The molecule has 1 aromatic carbocycles. The number of ether oxygens (including phenoxy) is 1. The summed E-state index contributed by atoms with van der Waals surface area (Å²) in [5.41, 5.74) is 2.36. The van der Waals surface area contributed by atoms with Crippen LogP contribution in [0.25, 0.3) is 0 Å². The van der Waals surface area contributed by atoms with Gasteiger partial charge in [-0.2, -0.15) is 5.26 Å². The number of benzene rings is 1. The lowest BCUT2D eigenvalue weighted by atomic mass is 10.1. The number of nitriles is 1. The van der Waals surface area contributed by atoms with Crippen LogP contribution in [0, 0.1) is 11.3 Å². The number of anilines is 1. The minimum absolute atomic E-state index is 0.350. The van der Waals surface area contributed by atoms with E-state index in [1.165, 1.54) is 0 Å². The maximum Gasteiger partial charge on any atom is 0.412 e. The smallest absolute Gasteiger partial charge is 0.412 e. The van der Waals surface area contributed by atoms with Crippen LogP contribution in [0.15, 0.2) is 48.8 Å². The molecule has 0 saturated carbocycles. The van der Waals surface area contributed by atoms with Gasteiger partial charge >= 0.3 is 6.09 Å². The minimum atomic E-state index is -0.528. The number of pyridine rings is 1. The van der Waals surface area contributed by atoms with Crippen LogP contribution in [0.5, 0.6) is 0 Å². The van der Waals surface area contributed by atoms with E-state index in [1.807, 2.05) is 6.07 Å². The van der Waals surface area contributed by atoms with Crippen molar-refractivity contribution in [2.24, 2.45) is 0 Å². The monoisotopic (exact) mass is 281 g/mol. The topological polar surface area (TPSA) is 75.0 Å². The quantitative estimate of drug-likeness (QED) is 0.931. The summed E-state index contributed by atoms with van der Waals surface area (Å²) in [6.45, 7) is 1.78. The molecule has 0 spiro atoms. The van der Waals surface area contributed by atoms with E-state index in [1.54, 1.807) is 49.6 Å². The predicted octanol–water partition coefficient (Wildman–Crippen LogP) is 3.46. The van der Waals surface area contributed by atoms with Gasteiger partial charge in [-0.15, -0.1) is 0 Å². The molecule has 0 aliphatic rings. The molecule has 21 heavy (non-hydrogen) atoms. The Bertz CT molecular complexity index is 633. The molecule has 0 bridgehead atoms. The Morgan fingerprint density at radius 1 is 1.38 bits per heavy atom. The lowest BCUT2D eigenvalue weighted by Gasteiger charge is -2.13. The molecule has 0 saturated heterocycles. The van der Waals surface area contributed by atoms with Crippen molar-refractivity contribution in [2.75, 3.05) is 5.32 Å². The van der Waals surface area contributed by atoms with Gasteiger partial charge < -0.3 is 4.74 Å². The van der Waals surface area contributed by atoms with Crippen molar-refractivity contribution in [2.45, 2.75) is 19.4 Å². The van der Waals surface area contributed by atoms with Crippen LogP contribution in [-0.4, -0.2) is 11.1 Å². The van der Waals surface area contributed by atoms with Crippen molar-refractivity contribution >= 4 is 11.8 Å². The number of nitrogens with one attached hydrogen (secondary N) is 1. The maximum atomic E-state index is 11.8. The van der Waals surface area contributed by atoms with Gasteiger partial charge in [0.25, 0.3) is 0 Å².